The highest BCUT2D eigenvalue weighted by atomic mass is 16.5. The van der Waals surface area contributed by atoms with Crippen LogP contribution in [0.3, 0.4) is 0 Å². The Morgan fingerprint density at radius 1 is 0.465 bits per heavy atom. The van der Waals surface area contributed by atoms with Crippen LogP contribution in [0.4, 0.5) is 0 Å². The Kier molecular flexibility index (Phi) is 5.00. The van der Waals surface area contributed by atoms with Crippen LogP contribution in [0.15, 0.2) is 133 Å². The minimum atomic E-state index is 0.843. The minimum Gasteiger partial charge on any atom is -0.496 e. The van der Waals surface area contributed by atoms with Gasteiger partial charge in [-0.15, -0.1) is 0 Å². The summed E-state index contributed by atoms with van der Waals surface area (Å²) < 4.78 is 13.2. The molecule has 4 heteroatoms. The number of aryl methyl sites for hydroxylation is 1. The summed E-state index contributed by atoms with van der Waals surface area (Å²) in [6.45, 7) is 0. The second-order valence-electron chi connectivity index (χ2n) is 11.2. The number of methoxy groups -OCH3 is 1. The molecule has 6 aromatic carbocycles. The summed E-state index contributed by atoms with van der Waals surface area (Å²) in [5.74, 6) is 1.91. The Labute approximate surface area is 247 Å². The van der Waals surface area contributed by atoms with E-state index >= 15 is 0 Å². The lowest BCUT2D eigenvalue weighted by Crippen LogP contribution is -2.29. The smallest absolute Gasteiger partial charge is 0.298 e. The summed E-state index contributed by atoms with van der Waals surface area (Å²) in [5.41, 5.74) is 8.08. The summed E-state index contributed by atoms with van der Waals surface area (Å²) in [6.07, 6.45) is 0. The molecule has 0 saturated carbocycles. The number of hydrogen-bond acceptors (Lipinski definition) is 1. The summed E-state index contributed by atoms with van der Waals surface area (Å²) in [6, 6.07) is 48.2. The molecule has 0 atom stereocenters. The van der Waals surface area contributed by atoms with Gasteiger partial charge in [0.15, 0.2) is 11.0 Å². The summed E-state index contributed by atoms with van der Waals surface area (Å²) in [5, 5.41) is 7.26. The van der Waals surface area contributed by atoms with E-state index < -0.39 is 0 Å². The Morgan fingerprint density at radius 3 is 1.53 bits per heavy atom. The van der Waals surface area contributed by atoms with Gasteiger partial charge in [0.1, 0.15) is 16.8 Å². The van der Waals surface area contributed by atoms with E-state index in [-0.39, 0.29) is 0 Å². The van der Waals surface area contributed by atoms with Gasteiger partial charge in [0.05, 0.1) is 30.7 Å². The molecule has 3 heterocycles. The van der Waals surface area contributed by atoms with Crippen LogP contribution < -0.4 is 9.30 Å². The number of rotatable bonds is 2. The van der Waals surface area contributed by atoms with Gasteiger partial charge in [-0.2, -0.15) is 4.40 Å². The molecule has 4 nitrogen and oxygen atoms in total. The van der Waals surface area contributed by atoms with Crippen molar-refractivity contribution in [2.75, 3.05) is 7.11 Å². The third kappa shape index (κ3) is 3.18. The van der Waals surface area contributed by atoms with Crippen molar-refractivity contribution in [1.29, 1.82) is 0 Å². The molecule has 0 amide bonds. The molecular formula is C39H28N3O+. The van der Waals surface area contributed by atoms with Crippen LogP contribution in [0, 0.1) is 0 Å². The SMILES string of the molecule is COc1ccccc1-c1n2c3ccccc3c3cccc4c5ccccc5n(c5ccccc5c5cccc(c52)[n+]1C)c34. The lowest BCUT2D eigenvalue weighted by Gasteiger charge is -2.08. The molecular weight excluding hydrogens is 526 g/mol. The van der Waals surface area contributed by atoms with E-state index in [1.165, 1.54) is 48.9 Å². The van der Waals surface area contributed by atoms with Crippen LogP contribution >= 0.6 is 0 Å². The van der Waals surface area contributed by atoms with Crippen molar-refractivity contribution >= 4 is 65.4 Å². The van der Waals surface area contributed by atoms with E-state index in [9.17, 15) is 0 Å². The maximum Gasteiger partial charge on any atom is 0.298 e. The largest absolute Gasteiger partial charge is 0.496 e. The highest BCUT2D eigenvalue weighted by molar-refractivity contribution is 6.21. The lowest BCUT2D eigenvalue weighted by atomic mass is 10.1. The molecule has 0 unspecified atom stereocenters. The van der Waals surface area contributed by atoms with Crippen molar-refractivity contribution < 1.29 is 9.30 Å². The molecule has 0 aliphatic heterocycles. The topological polar surface area (TPSA) is 21.9 Å². The van der Waals surface area contributed by atoms with E-state index in [0.29, 0.717) is 0 Å². The zero-order chi connectivity index (χ0) is 28.7. The van der Waals surface area contributed by atoms with E-state index in [2.05, 4.69) is 142 Å². The van der Waals surface area contributed by atoms with Crippen molar-refractivity contribution in [3.8, 4) is 17.1 Å². The molecule has 204 valence electrons. The van der Waals surface area contributed by atoms with Crippen molar-refractivity contribution in [3.63, 3.8) is 0 Å². The fourth-order valence-corrected chi connectivity index (χ4v) is 7.27. The molecule has 0 saturated heterocycles. The molecule has 0 spiro atoms. The number of nitrogens with zero attached hydrogens (tertiary/aromatic N) is 3. The number of imidazole rings is 1. The monoisotopic (exact) mass is 554 g/mol. The van der Waals surface area contributed by atoms with Crippen LogP contribution in [0.25, 0.3) is 76.8 Å². The van der Waals surface area contributed by atoms with Gasteiger partial charge in [-0.3, -0.25) is 0 Å². The van der Waals surface area contributed by atoms with E-state index in [4.69, 9.17) is 4.74 Å². The number of aromatic nitrogens is 3. The summed E-state index contributed by atoms with van der Waals surface area (Å²) in [4.78, 5) is 0. The van der Waals surface area contributed by atoms with Crippen molar-refractivity contribution in [2.24, 2.45) is 7.05 Å². The first-order chi connectivity index (χ1) is 21.3. The number of para-hydroxylation sites is 6. The van der Waals surface area contributed by atoms with Crippen LogP contribution in [-0.2, 0) is 7.05 Å². The second-order valence-corrected chi connectivity index (χ2v) is 11.2. The average Bonchev–Trinajstić information content (AvgIpc) is 3.56. The van der Waals surface area contributed by atoms with Crippen molar-refractivity contribution in [2.45, 2.75) is 0 Å². The maximum absolute atomic E-state index is 5.94. The molecule has 0 aliphatic rings. The van der Waals surface area contributed by atoms with Crippen LogP contribution in [0.5, 0.6) is 5.75 Å². The highest BCUT2D eigenvalue weighted by Crippen LogP contribution is 2.39. The zero-order valence-electron chi connectivity index (χ0n) is 24.0. The molecule has 0 fully saturated rings. The van der Waals surface area contributed by atoms with Gasteiger partial charge in [-0.05, 0) is 42.5 Å². The van der Waals surface area contributed by atoms with Crippen LogP contribution in [-0.4, -0.2) is 15.9 Å². The van der Waals surface area contributed by atoms with E-state index in [1.807, 2.05) is 12.1 Å². The molecule has 0 radical (unpaired) electrons. The lowest BCUT2D eigenvalue weighted by molar-refractivity contribution is -0.633. The van der Waals surface area contributed by atoms with Gasteiger partial charge in [-0.1, -0.05) is 91.0 Å². The van der Waals surface area contributed by atoms with Gasteiger partial charge in [0.25, 0.3) is 5.82 Å². The fourth-order valence-electron chi connectivity index (χ4n) is 7.27. The quantitative estimate of drug-likeness (QED) is 0.195. The first kappa shape index (κ1) is 24.0. The Bertz CT molecular complexity index is 2620. The maximum atomic E-state index is 5.94. The predicted molar refractivity (Wildman–Crippen MR) is 178 cm³/mol. The van der Waals surface area contributed by atoms with Gasteiger partial charge >= 0.3 is 0 Å². The zero-order valence-corrected chi connectivity index (χ0v) is 24.0. The molecule has 3 aromatic heterocycles. The molecule has 9 rings (SSSR count). The number of hydrogen-bond donors (Lipinski definition) is 0. The van der Waals surface area contributed by atoms with E-state index in [1.54, 1.807) is 7.11 Å². The number of ether oxygens (including phenoxy) is 1. The minimum absolute atomic E-state index is 0.843. The first-order valence-electron chi connectivity index (χ1n) is 14.6. The fraction of sp³-hybridized carbons (Fsp3) is 0.0513. The van der Waals surface area contributed by atoms with Gasteiger partial charge in [-0.25, -0.2) is 4.57 Å². The van der Waals surface area contributed by atoms with Crippen LogP contribution in [0.2, 0.25) is 0 Å². The average molecular weight is 555 g/mol. The Morgan fingerprint density at radius 2 is 0.930 bits per heavy atom. The summed E-state index contributed by atoms with van der Waals surface area (Å²) in [7, 11) is 3.91. The van der Waals surface area contributed by atoms with Gasteiger partial charge in [0, 0.05) is 32.3 Å². The summed E-state index contributed by atoms with van der Waals surface area (Å²) >= 11 is 0. The third-order valence-corrected chi connectivity index (χ3v) is 9.04. The molecule has 0 aliphatic carbocycles. The Balaban J connectivity index is 1.73. The second kappa shape index (κ2) is 8.94. The van der Waals surface area contributed by atoms with E-state index in [0.717, 1.165) is 33.7 Å². The number of benzene rings is 6. The highest BCUT2D eigenvalue weighted by Gasteiger charge is 2.28. The van der Waals surface area contributed by atoms with Crippen molar-refractivity contribution in [1.82, 2.24) is 8.80 Å². The molecule has 43 heavy (non-hydrogen) atoms. The van der Waals surface area contributed by atoms with Crippen molar-refractivity contribution in [3.05, 3.63) is 133 Å². The Hall–Kier alpha value is -5.61. The predicted octanol–water partition coefficient (Wildman–Crippen LogP) is 9.02. The molecule has 0 bridgehead atoms. The number of fused-ring (bicyclic) bond motifs is 9. The molecule has 9 aromatic rings. The third-order valence-electron chi connectivity index (χ3n) is 9.04. The first-order valence-corrected chi connectivity index (χ1v) is 14.6. The standard InChI is InChI=1S/C39H28N3O/c1-40-35-23-12-19-30-27-15-4-8-21-33(27)41-32-20-7-3-13-25(32)28-17-11-18-29(37(28)41)26-14-5-9-22-34(26)42(38(30)35)39(40)31-16-6-10-24-36(31)43-2/h3-24H,1-2H3/q+1. The normalized spacial score (nSPS) is 12.0. The van der Waals surface area contributed by atoms with Gasteiger partial charge in [0.2, 0.25) is 0 Å². The van der Waals surface area contributed by atoms with Crippen LogP contribution in [0.1, 0.15) is 0 Å². The van der Waals surface area contributed by atoms with Gasteiger partial charge < -0.3 is 9.14 Å². The molecule has 0 N–H and O–H groups in total.